The van der Waals surface area contributed by atoms with E-state index in [9.17, 15) is 43.2 Å². The van der Waals surface area contributed by atoms with Crippen LogP contribution in [0.3, 0.4) is 0 Å². The van der Waals surface area contributed by atoms with Crippen LogP contribution in [-0.2, 0) is 65.4 Å². The Labute approximate surface area is 642 Å². The summed E-state index contributed by atoms with van der Waals surface area (Å²) in [5, 5.41) is 10.6. The van der Waals surface area contributed by atoms with E-state index in [1.54, 1.807) is 0 Å². The third-order valence-corrected chi connectivity index (χ3v) is 18.1. The zero-order chi connectivity index (χ0) is 77.4. The van der Waals surface area contributed by atoms with Crippen molar-refractivity contribution in [1.82, 2.24) is 0 Å². The van der Waals surface area contributed by atoms with Crippen LogP contribution < -0.4 is 0 Å². The second-order valence-electron chi connectivity index (χ2n) is 26.2. The van der Waals surface area contributed by atoms with Crippen molar-refractivity contribution in [3.05, 3.63) is 170 Å². The van der Waals surface area contributed by atoms with Crippen molar-refractivity contribution in [1.29, 1.82) is 0 Å². The van der Waals surface area contributed by atoms with Gasteiger partial charge in [0.1, 0.15) is 19.3 Å². The predicted octanol–water partition coefficient (Wildman–Crippen LogP) is 23.8. The summed E-state index contributed by atoms with van der Waals surface area (Å²) in [6, 6.07) is 0. The molecule has 3 N–H and O–H groups in total. The Morgan fingerprint density at radius 3 is 0.830 bits per heavy atom. The van der Waals surface area contributed by atoms with Crippen LogP contribution in [0, 0.1) is 0 Å². The number of aliphatic hydroxyl groups is 1. The highest BCUT2D eigenvalue weighted by atomic mass is 31.2. The highest BCUT2D eigenvalue weighted by molar-refractivity contribution is 7.47. The molecule has 0 aromatic rings. The fourth-order valence-corrected chi connectivity index (χ4v) is 11.7. The molecule has 0 aliphatic carbocycles. The molecule has 106 heavy (non-hydrogen) atoms. The van der Waals surface area contributed by atoms with E-state index in [1.165, 1.54) is 64.2 Å². The maximum atomic E-state index is 13.1. The number of ether oxygens (including phenoxy) is 4. The molecule has 0 saturated carbocycles. The lowest BCUT2D eigenvalue weighted by Gasteiger charge is -2.21. The van der Waals surface area contributed by atoms with E-state index in [0.717, 1.165) is 141 Å². The molecule has 0 amide bonds. The van der Waals surface area contributed by atoms with E-state index in [2.05, 4.69) is 161 Å². The molecular weight excluding hydrogens is 1380 g/mol. The van der Waals surface area contributed by atoms with Crippen LogP contribution in [-0.4, -0.2) is 96.7 Å². The Morgan fingerprint density at radius 2 is 0.509 bits per heavy atom. The number of carbonyl (C=O) groups is 4. The van der Waals surface area contributed by atoms with Crippen LogP contribution >= 0.6 is 15.6 Å². The second kappa shape index (κ2) is 77.6. The van der Waals surface area contributed by atoms with Gasteiger partial charge < -0.3 is 33.8 Å². The van der Waals surface area contributed by atoms with Crippen molar-refractivity contribution >= 4 is 39.5 Å². The SMILES string of the molecule is CC/C=C\C/C=C\C/C=C\C/C=C\C/C=C\C/C=C\CCC(=O)OC[C@H](COP(=O)(O)OC[C@@H](O)COP(=O)(O)OC[C@@H](COC(=O)CCCCCCCCC/C=C\CCCCCC)OC(=O)CCCCCCC/C=C\CCCCCC)OC(=O)CC/C=C\C/C=C\C/C=C\C/C=C\C/C=C\C/C=C\CC. The number of phosphoric ester groups is 2. The molecule has 0 aliphatic heterocycles. The van der Waals surface area contributed by atoms with E-state index in [-0.39, 0.29) is 25.7 Å². The van der Waals surface area contributed by atoms with Crippen LogP contribution in [0.1, 0.15) is 297 Å². The first kappa shape index (κ1) is 100. The quantitative estimate of drug-likeness (QED) is 0.0169. The Morgan fingerprint density at radius 1 is 0.274 bits per heavy atom. The molecule has 0 rings (SSSR count). The molecule has 0 aromatic heterocycles. The third kappa shape index (κ3) is 76.6. The lowest BCUT2D eigenvalue weighted by molar-refractivity contribution is -0.161. The third-order valence-electron chi connectivity index (χ3n) is 16.2. The molecule has 2 unspecified atom stereocenters. The van der Waals surface area contributed by atoms with E-state index < -0.39 is 97.5 Å². The predicted molar refractivity (Wildman–Crippen MR) is 436 cm³/mol. The second-order valence-corrected chi connectivity index (χ2v) is 29.1. The molecule has 602 valence electrons. The topological polar surface area (TPSA) is 237 Å². The molecule has 19 heteroatoms. The van der Waals surface area contributed by atoms with Gasteiger partial charge in [-0.3, -0.25) is 37.3 Å². The number of unbranched alkanes of at least 4 members (excludes halogenated alkanes) is 20. The number of carbonyl (C=O) groups excluding carboxylic acids is 4. The molecule has 0 heterocycles. The average Bonchev–Trinajstić information content (AvgIpc) is 0.903. The molecule has 0 aliphatic rings. The molecule has 5 atom stereocenters. The minimum Gasteiger partial charge on any atom is -0.462 e. The summed E-state index contributed by atoms with van der Waals surface area (Å²) < 4.78 is 68.4. The minimum absolute atomic E-state index is 0.0139. The summed E-state index contributed by atoms with van der Waals surface area (Å²) in [7, 11) is -10.0. The number of aliphatic hydroxyl groups excluding tert-OH is 1. The molecular formula is C87H142O17P2. The van der Waals surface area contributed by atoms with Gasteiger partial charge in [-0.25, -0.2) is 9.13 Å². The van der Waals surface area contributed by atoms with Crippen molar-refractivity contribution in [3.8, 4) is 0 Å². The first-order valence-corrected chi connectivity index (χ1v) is 43.4. The molecule has 0 aromatic carbocycles. The zero-order valence-corrected chi connectivity index (χ0v) is 67.6. The van der Waals surface area contributed by atoms with Crippen LogP contribution in [0.4, 0.5) is 0 Å². The van der Waals surface area contributed by atoms with Crippen LogP contribution in [0.2, 0.25) is 0 Å². The van der Waals surface area contributed by atoms with E-state index in [4.69, 9.17) is 37.0 Å². The minimum atomic E-state index is -5.02. The maximum absolute atomic E-state index is 13.1. The van der Waals surface area contributed by atoms with Gasteiger partial charge in [0, 0.05) is 25.7 Å². The molecule has 17 nitrogen and oxygen atoms in total. The van der Waals surface area contributed by atoms with Crippen LogP contribution in [0.5, 0.6) is 0 Å². The van der Waals surface area contributed by atoms with Gasteiger partial charge in [0.15, 0.2) is 12.2 Å². The zero-order valence-electron chi connectivity index (χ0n) is 65.8. The number of esters is 4. The molecule has 0 radical (unpaired) electrons. The van der Waals surface area contributed by atoms with Gasteiger partial charge in [-0.1, -0.05) is 288 Å². The van der Waals surface area contributed by atoms with Crippen LogP contribution in [0.15, 0.2) is 170 Å². The van der Waals surface area contributed by atoms with Gasteiger partial charge in [0.05, 0.1) is 26.4 Å². The monoisotopic (exact) mass is 1520 g/mol. The Kier molecular flexibility index (Phi) is 73.5. The smallest absolute Gasteiger partial charge is 0.462 e. The Bertz CT molecular complexity index is 2680. The van der Waals surface area contributed by atoms with Crippen molar-refractivity contribution in [2.24, 2.45) is 0 Å². The fourth-order valence-electron chi connectivity index (χ4n) is 10.1. The molecule has 0 bridgehead atoms. The maximum Gasteiger partial charge on any atom is 0.472 e. The summed E-state index contributed by atoms with van der Waals surface area (Å²) in [5.74, 6) is -2.40. The Hall–Kier alpha value is -5.58. The van der Waals surface area contributed by atoms with Crippen LogP contribution in [0.25, 0.3) is 0 Å². The summed E-state index contributed by atoms with van der Waals surface area (Å²) in [6.07, 6.45) is 92.2. The first-order valence-electron chi connectivity index (χ1n) is 40.4. The van der Waals surface area contributed by atoms with E-state index in [0.29, 0.717) is 38.5 Å². The molecule has 0 saturated heterocycles. The lowest BCUT2D eigenvalue weighted by Crippen LogP contribution is -2.30. The highest BCUT2D eigenvalue weighted by Crippen LogP contribution is 2.45. The molecule has 0 fully saturated rings. The number of allylic oxidation sites excluding steroid dienone is 28. The normalized spacial score (nSPS) is 14.7. The van der Waals surface area contributed by atoms with Gasteiger partial charge in [0.25, 0.3) is 0 Å². The number of phosphoric acid groups is 2. The van der Waals surface area contributed by atoms with Gasteiger partial charge in [-0.2, -0.15) is 0 Å². The average molecular weight is 1520 g/mol. The van der Waals surface area contributed by atoms with Crippen molar-refractivity contribution < 1.29 is 80.2 Å². The highest BCUT2D eigenvalue weighted by Gasteiger charge is 2.30. The summed E-state index contributed by atoms with van der Waals surface area (Å²) in [6.45, 7) is 4.42. The summed E-state index contributed by atoms with van der Waals surface area (Å²) >= 11 is 0. The Balaban J connectivity index is 5.52. The summed E-state index contributed by atoms with van der Waals surface area (Å²) in [5.41, 5.74) is 0. The van der Waals surface area contributed by atoms with Crippen molar-refractivity contribution in [2.75, 3.05) is 39.6 Å². The number of rotatable bonds is 74. The van der Waals surface area contributed by atoms with Gasteiger partial charge in [-0.05, 0) is 154 Å². The van der Waals surface area contributed by atoms with Crippen molar-refractivity contribution in [2.45, 2.75) is 316 Å². The summed E-state index contributed by atoms with van der Waals surface area (Å²) in [4.78, 5) is 73.0. The fraction of sp³-hybridized carbons (Fsp3) is 0.632. The first-order chi connectivity index (χ1) is 51.7. The lowest BCUT2D eigenvalue weighted by atomic mass is 10.1. The van der Waals surface area contributed by atoms with Gasteiger partial charge >= 0.3 is 39.5 Å². The molecule has 0 spiro atoms. The van der Waals surface area contributed by atoms with Gasteiger partial charge in [0.2, 0.25) is 0 Å². The van der Waals surface area contributed by atoms with E-state index >= 15 is 0 Å². The van der Waals surface area contributed by atoms with Crippen molar-refractivity contribution in [3.63, 3.8) is 0 Å². The number of hydrogen-bond donors (Lipinski definition) is 3. The van der Waals surface area contributed by atoms with E-state index in [1.807, 2.05) is 36.5 Å². The van der Waals surface area contributed by atoms with Gasteiger partial charge in [-0.15, -0.1) is 0 Å². The standard InChI is InChI=1S/C87H142O17P2/c1-5-9-13-17-21-25-29-33-36-38-40-42-45-49-52-56-60-64-68-72-85(90)98-78-83(104-87(92)74-70-66-62-58-54-50-46-43-41-39-37-34-30-26-22-18-14-10-6-2)80-102-106(95,96)100-76-81(88)75-99-105(93,94)101-79-82(103-86(91)73-69-65-61-57-53-47-32-28-24-20-16-12-8-4)77-97-84(89)71-67-63-59-55-51-48-44-35-31-27-23-19-15-11-7-3/h9-10,13-14,21-22,25-28,31-34,36-37,40-43,49-50,52,54,60,62,64,66,81-83,88H,5-8,11-12,15-20,23-24,29-30,35,38-39,44-48,51,53,55-59,61,63,65,67-80H2,1-4H3,(H,93,94)(H,95,96)/b13-9-,14-10-,25-21-,26-22-,31-27-,32-28-,36-33-,37-34-,42-40-,43-41-,52-49-,54-50-,64-60-,66-62-/t81-,82+,83+/m0/s1. The number of hydrogen-bond acceptors (Lipinski definition) is 15. The largest absolute Gasteiger partial charge is 0.472 e.